The summed E-state index contributed by atoms with van der Waals surface area (Å²) in [7, 11) is 0. The van der Waals surface area contributed by atoms with Gasteiger partial charge >= 0.3 is 6.18 Å². The van der Waals surface area contributed by atoms with E-state index in [9.17, 15) is 18.0 Å². The Morgan fingerprint density at radius 2 is 1.93 bits per heavy atom. The number of nitrogens with one attached hydrogen (secondary N) is 1. The van der Waals surface area contributed by atoms with E-state index in [1.54, 1.807) is 18.3 Å². The van der Waals surface area contributed by atoms with Gasteiger partial charge in [-0.25, -0.2) is 4.68 Å². The van der Waals surface area contributed by atoms with Crippen LogP contribution in [0.4, 0.5) is 18.9 Å². The number of ether oxygens (including phenoxy) is 1. The van der Waals surface area contributed by atoms with Crippen LogP contribution in [0.1, 0.15) is 10.5 Å². The van der Waals surface area contributed by atoms with Crippen molar-refractivity contribution in [3.05, 3.63) is 59.1 Å². The largest absolute Gasteiger partial charge is 0.471 e. The van der Waals surface area contributed by atoms with Crippen LogP contribution >= 0.6 is 15.9 Å². The molecule has 3 rings (SSSR count). The van der Waals surface area contributed by atoms with Gasteiger partial charge in [-0.2, -0.15) is 23.4 Å². The minimum atomic E-state index is -4.39. The summed E-state index contributed by atoms with van der Waals surface area (Å²) in [5.74, 6) is 0.0701. The van der Waals surface area contributed by atoms with Crippen molar-refractivity contribution in [2.45, 2.75) is 19.5 Å². The highest BCUT2D eigenvalue weighted by molar-refractivity contribution is 9.10. The van der Waals surface area contributed by atoms with Crippen LogP contribution < -0.4 is 10.1 Å². The topological polar surface area (TPSA) is 74.0 Å². The summed E-state index contributed by atoms with van der Waals surface area (Å²) in [6.07, 6.45) is -0.599. The summed E-state index contributed by atoms with van der Waals surface area (Å²) >= 11 is 3.32. The van der Waals surface area contributed by atoms with Crippen molar-refractivity contribution in [1.82, 2.24) is 19.6 Å². The minimum Gasteiger partial charge on any atom is -0.471 e. The van der Waals surface area contributed by atoms with Crippen molar-refractivity contribution in [1.29, 1.82) is 0 Å². The highest BCUT2D eigenvalue weighted by Gasteiger charge is 2.28. The second-order valence-corrected chi connectivity index (χ2v) is 6.38. The van der Waals surface area contributed by atoms with E-state index < -0.39 is 18.6 Å². The Bertz CT molecular complexity index is 921. The van der Waals surface area contributed by atoms with Crippen molar-refractivity contribution in [2.24, 2.45) is 0 Å². The lowest BCUT2D eigenvalue weighted by Crippen LogP contribution is -2.18. The van der Waals surface area contributed by atoms with Crippen LogP contribution in [0.2, 0.25) is 0 Å². The third-order valence-electron chi connectivity index (χ3n) is 3.28. The number of benzene rings is 1. The van der Waals surface area contributed by atoms with Gasteiger partial charge in [0.2, 0.25) is 0 Å². The van der Waals surface area contributed by atoms with E-state index in [4.69, 9.17) is 4.74 Å². The molecule has 0 saturated heterocycles. The molecule has 0 saturated carbocycles. The zero-order chi connectivity index (χ0) is 19.4. The molecule has 142 valence electrons. The van der Waals surface area contributed by atoms with Crippen LogP contribution in [-0.4, -0.2) is 31.6 Å². The lowest BCUT2D eigenvalue weighted by Gasteiger charge is -2.06. The zero-order valence-electron chi connectivity index (χ0n) is 13.7. The average Bonchev–Trinajstić information content (AvgIpc) is 3.22. The van der Waals surface area contributed by atoms with Crippen molar-refractivity contribution in [3.8, 4) is 5.75 Å². The molecule has 0 aliphatic heterocycles. The predicted molar refractivity (Wildman–Crippen MR) is 93.2 cm³/mol. The fourth-order valence-electron chi connectivity index (χ4n) is 2.12. The van der Waals surface area contributed by atoms with Gasteiger partial charge in [0.15, 0.2) is 12.4 Å². The summed E-state index contributed by atoms with van der Waals surface area (Å²) in [6, 6.07) is 8.69. The molecule has 1 amide bonds. The predicted octanol–water partition coefficient (Wildman–Crippen LogP) is 3.69. The number of rotatable bonds is 6. The van der Waals surface area contributed by atoms with E-state index >= 15 is 0 Å². The number of hydrogen-bond acceptors (Lipinski definition) is 4. The highest BCUT2D eigenvalue weighted by atomic mass is 79.9. The van der Waals surface area contributed by atoms with Crippen molar-refractivity contribution < 1.29 is 22.7 Å². The smallest absolute Gasteiger partial charge is 0.408 e. The second-order valence-electron chi connectivity index (χ2n) is 5.46. The number of carbonyl (C=O) groups excluding carboxylic acids is 1. The van der Waals surface area contributed by atoms with Crippen molar-refractivity contribution >= 4 is 27.5 Å². The number of alkyl halides is 3. The molecule has 1 aromatic carbocycles. The standard InChI is InChI=1S/C16H13BrF3N5O2/c17-11-1-3-13(4-2-11)27-10-24-6-5-14(23-24)15(26)22-12-7-21-25(8-12)9-16(18,19)20/h1-8H,9-10H2,(H,22,26). The lowest BCUT2D eigenvalue weighted by molar-refractivity contribution is -0.142. The highest BCUT2D eigenvalue weighted by Crippen LogP contribution is 2.18. The maximum absolute atomic E-state index is 12.3. The van der Waals surface area contributed by atoms with Crippen molar-refractivity contribution in [2.75, 3.05) is 5.32 Å². The molecule has 0 radical (unpaired) electrons. The molecule has 0 atom stereocenters. The van der Waals surface area contributed by atoms with Gasteiger partial charge in [-0.15, -0.1) is 0 Å². The summed E-state index contributed by atoms with van der Waals surface area (Å²) in [6.45, 7) is -1.14. The van der Waals surface area contributed by atoms with Gasteiger partial charge in [0, 0.05) is 16.9 Å². The SMILES string of the molecule is O=C(Nc1cnn(CC(F)(F)F)c1)c1ccn(COc2ccc(Br)cc2)n1. The second kappa shape index (κ2) is 7.82. The monoisotopic (exact) mass is 443 g/mol. The quantitative estimate of drug-likeness (QED) is 0.630. The van der Waals surface area contributed by atoms with Crippen LogP contribution in [0.25, 0.3) is 0 Å². The Hall–Kier alpha value is -2.82. The molecule has 0 aliphatic rings. The van der Waals surface area contributed by atoms with Gasteiger partial charge in [-0.1, -0.05) is 15.9 Å². The summed E-state index contributed by atoms with van der Waals surface area (Å²) in [5.41, 5.74) is 0.239. The lowest BCUT2D eigenvalue weighted by atomic mass is 10.3. The Kier molecular flexibility index (Phi) is 5.49. The molecule has 7 nitrogen and oxygen atoms in total. The molecule has 0 unspecified atom stereocenters. The number of amides is 1. The Labute approximate surface area is 159 Å². The Balaban J connectivity index is 1.56. The maximum atomic E-state index is 12.3. The zero-order valence-corrected chi connectivity index (χ0v) is 15.2. The number of aromatic nitrogens is 4. The first-order chi connectivity index (χ1) is 12.8. The first-order valence-corrected chi connectivity index (χ1v) is 8.40. The molecule has 2 aromatic heterocycles. The van der Waals surface area contributed by atoms with Crippen LogP contribution in [0.5, 0.6) is 5.75 Å². The molecule has 0 aliphatic carbocycles. The van der Waals surface area contributed by atoms with E-state index in [0.29, 0.717) is 10.4 Å². The molecule has 1 N–H and O–H groups in total. The fraction of sp³-hybridized carbons (Fsp3) is 0.188. The van der Waals surface area contributed by atoms with E-state index in [1.807, 2.05) is 12.1 Å². The van der Waals surface area contributed by atoms with Gasteiger partial charge in [0.1, 0.15) is 12.3 Å². The number of carbonyl (C=O) groups is 1. The number of nitrogens with zero attached hydrogens (tertiary/aromatic N) is 4. The molecule has 0 spiro atoms. The summed E-state index contributed by atoms with van der Waals surface area (Å²) in [4.78, 5) is 12.1. The molecule has 0 bridgehead atoms. The third kappa shape index (κ3) is 5.58. The first-order valence-electron chi connectivity index (χ1n) is 7.61. The number of hydrogen-bond donors (Lipinski definition) is 1. The molecule has 11 heteroatoms. The molecule has 2 heterocycles. The third-order valence-corrected chi connectivity index (χ3v) is 3.81. The van der Waals surface area contributed by atoms with Gasteiger partial charge in [-0.3, -0.25) is 9.48 Å². The number of halogens is 4. The Morgan fingerprint density at radius 1 is 1.19 bits per heavy atom. The van der Waals surface area contributed by atoms with Gasteiger partial charge in [0.05, 0.1) is 11.9 Å². The van der Waals surface area contributed by atoms with Gasteiger partial charge in [-0.05, 0) is 30.3 Å². The van der Waals surface area contributed by atoms with Gasteiger partial charge in [0.25, 0.3) is 5.91 Å². The Morgan fingerprint density at radius 3 is 2.63 bits per heavy atom. The molecular formula is C16H13BrF3N5O2. The average molecular weight is 444 g/mol. The van der Waals surface area contributed by atoms with E-state index in [1.165, 1.54) is 10.7 Å². The molecule has 0 fully saturated rings. The van der Waals surface area contributed by atoms with E-state index in [0.717, 1.165) is 16.9 Å². The first kappa shape index (κ1) is 19.0. The van der Waals surface area contributed by atoms with Crippen LogP contribution in [0.3, 0.4) is 0 Å². The summed E-state index contributed by atoms with van der Waals surface area (Å²) in [5, 5.41) is 10.1. The van der Waals surface area contributed by atoms with E-state index in [-0.39, 0.29) is 18.1 Å². The van der Waals surface area contributed by atoms with Crippen LogP contribution in [-0.2, 0) is 13.3 Å². The normalized spacial score (nSPS) is 11.4. The van der Waals surface area contributed by atoms with Gasteiger partial charge < -0.3 is 10.1 Å². The van der Waals surface area contributed by atoms with E-state index in [2.05, 4.69) is 31.4 Å². The van der Waals surface area contributed by atoms with Crippen LogP contribution in [0.15, 0.2) is 53.4 Å². The molecular weight excluding hydrogens is 431 g/mol. The van der Waals surface area contributed by atoms with Crippen molar-refractivity contribution in [3.63, 3.8) is 0 Å². The fourth-order valence-corrected chi connectivity index (χ4v) is 2.38. The number of anilines is 1. The minimum absolute atomic E-state index is 0.0953. The molecule has 27 heavy (non-hydrogen) atoms. The summed E-state index contributed by atoms with van der Waals surface area (Å²) < 4.78 is 45.5. The molecule has 3 aromatic rings. The maximum Gasteiger partial charge on any atom is 0.408 e. The van der Waals surface area contributed by atoms with Crippen LogP contribution in [0, 0.1) is 0 Å².